The van der Waals surface area contributed by atoms with Gasteiger partial charge in [-0.3, -0.25) is 19.7 Å². The maximum Gasteiger partial charge on any atom is 0.416 e. The summed E-state index contributed by atoms with van der Waals surface area (Å²) in [6, 6.07) is 2.12. The second kappa shape index (κ2) is 9.59. The molecule has 0 aliphatic heterocycles. The van der Waals surface area contributed by atoms with Gasteiger partial charge in [-0.05, 0) is 18.6 Å². The van der Waals surface area contributed by atoms with Crippen LogP contribution in [0, 0.1) is 10.1 Å². The predicted octanol–water partition coefficient (Wildman–Crippen LogP) is 2.49. The standard InChI is InChI=1S/C15H18F3N3O5/c1-2-3-14(23)26-9-13(22)20-7-6-19-11-5-4-10(15(16,17)18)8-12(11)21(24)25/h4-5,8,19H,2-3,6-7,9H2,1H3,(H,20,22). The van der Waals surface area contributed by atoms with E-state index in [9.17, 15) is 32.9 Å². The van der Waals surface area contributed by atoms with E-state index in [2.05, 4.69) is 15.4 Å². The van der Waals surface area contributed by atoms with Gasteiger partial charge < -0.3 is 15.4 Å². The Kier molecular flexibility index (Phi) is 7.81. The number of hydrogen-bond acceptors (Lipinski definition) is 6. The minimum absolute atomic E-state index is 0.0286. The summed E-state index contributed by atoms with van der Waals surface area (Å²) in [5, 5.41) is 15.9. The van der Waals surface area contributed by atoms with Crippen LogP contribution in [0.25, 0.3) is 0 Å². The largest absolute Gasteiger partial charge is 0.456 e. The molecule has 26 heavy (non-hydrogen) atoms. The summed E-state index contributed by atoms with van der Waals surface area (Å²) in [5.41, 5.74) is -1.96. The molecule has 0 fully saturated rings. The molecule has 1 aromatic carbocycles. The fourth-order valence-corrected chi connectivity index (χ4v) is 1.88. The average Bonchev–Trinajstić information content (AvgIpc) is 2.56. The monoisotopic (exact) mass is 377 g/mol. The first-order valence-electron chi connectivity index (χ1n) is 7.67. The highest BCUT2D eigenvalue weighted by Gasteiger charge is 2.32. The fraction of sp³-hybridized carbons (Fsp3) is 0.467. The van der Waals surface area contributed by atoms with Crippen LogP contribution in [0.1, 0.15) is 25.3 Å². The maximum absolute atomic E-state index is 12.6. The van der Waals surface area contributed by atoms with Gasteiger partial charge in [-0.25, -0.2) is 0 Å². The number of benzene rings is 1. The number of ether oxygens (including phenoxy) is 1. The molecule has 0 aliphatic carbocycles. The Morgan fingerprint density at radius 3 is 2.54 bits per heavy atom. The average molecular weight is 377 g/mol. The van der Waals surface area contributed by atoms with Gasteiger partial charge in [0.2, 0.25) is 0 Å². The van der Waals surface area contributed by atoms with E-state index in [4.69, 9.17) is 0 Å². The number of nitro benzene ring substituents is 1. The summed E-state index contributed by atoms with van der Waals surface area (Å²) in [6.45, 7) is 1.40. The van der Waals surface area contributed by atoms with E-state index >= 15 is 0 Å². The number of nitro groups is 1. The molecule has 0 saturated heterocycles. The molecule has 11 heteroatoms. The fourth-order valence-electron chi connectivity index (χ4n) is 1.88. The normalized spacial score (nSPS) is 10.9. The van der Waals surface area contributed by atoms with Gasteiger partial charge in [0.25, 0.3) is 11.6 Å². The highest BCUT2D eigenvalue weighted by Crippen LogP contribution is 2.34. The zero-order chi connectivity index (χ0) is 19.7. The number of rotatable bonds is 9. The van der Waals surface area contributed by atoms with Gasteiger partial charge >= 0.3 is 12.1 Å². The van der Waals surface area contributed by atoms with Crippen molar-refractivity contribution in [1.82, 2.24) is 5.32 Å². The van der Waals surface area contributed by atoms with Crippen molar-refractivity contribution in [1.29, 1.82) is 0 Å². The third-order valence-corrected chi connectivity index (χ3v) is 3.10. The number of anilines is 1. The van der Waals surface area contributed by atoms with Crippen LogP contribution in [0.15, 0.2) is 18.2 Å². The number of carbonyl (C=O) groups is 2. The van der Waals surface area contributed by atoms with E-state index in [1.807, 2.05) is 0 Å². The van der Waals surface area contributed by atoms with Gasteiger partial charge in [0, 0.05) is 25.6 Å². The van der Waals surface area contributed by atoms with Gasteiger partial charge in [-0.15, -0.1) is 0 Å². The van der Waals surface area contributed by atoms with Crippen molar-refractivity contribution in [2.24, 2.45) is 0 Å². The molecule has 0 aliphatic rings. The summed E-state index contributed by atoms with van der Waals surface area (Å²) in [4.78, 5) is 32.5. The molecule has 8 nitrogen and oxygen atoms in total. The molecule has 144 valence electrons. The van der Waals surface area contributed by atoms with Gasteiger partial charge in [-0.1, -0.05) is 6.92 Å². The minimum Gasteiger partial charge on any atom is -0.456 e. The molecule has 1 amide bonds. The van der Waals surface area contributed by atoms with Crippen molar-refractivity contribution < 1.29 is 32.4 Å². The van der Waals surface area contributed by atoms with Gasteiger partial charge in [0.15, 0.2) is 6.61 Å². The molecule has 0 bridgehead atoms. The van der Waals surface area contributed by atoms with Crippen LogP contribution in [-0.2, 0) is 20.5 Å². The first kappa shape index (κ1) is 21.2. The van der Waals surface area contributed by atoms with Crippen molar-refractivity contribution in [3.8, 4) is 0 Å². The van der Waals surface area contributed by atoms with Crippen LogP contribution in [-0.4, -0.2) is 36.5 Å². The highest BCUT2D eigenvalue weighted by molar-refractivity contribution is 5.80. The molecular weight excluding hydrogens is 359 g/mol. The second-order valence-electron chi connectivity index (χ2n) is 5.17. The lowest BCUT2D eigenvalue weighted by Gasteiger charge is -2.11. The summed E-state index contributed by atoms with van der Waals surface area (Å²) in [7, 11) is 0. The van der Waals surface area contributed by atoms with Crippen molar-refractivity contribution in [2.75, 3.05) is 25.0 Å². The zero-order valence-corrected chi connectivity index (χ0v) is 13.9. The van der Waals surface area contributed by atoms with Crippen LogP contribution < -0.4 is 10.6 Å². The molecule has 0 heterocycles. The number of hydrogen-bond donors (Lipinski definition) is 2. The molecular formula is C15H18F3N3O5. The molecule has 0 unspecified atom stereocenters. The number of halogens is 3. The topological polar surface area (TPSA) is 111 Å². The Morgan fingerprint density at radius 1 is 1.27 bits per heavy atom. The van der Waals surface area contributed by atoms with E-state index < -0.39 is 40.8 Å². The van der Waals surface area contributed by atoms with Gasteiger partial charge in [0.1, 0.15) is 5.69 Å². The number of carbonyl (C=O) groups excluding carboxylic acids is 2. The number of nitrogens with zero attached hydrogens (tertiary/aromatic N) is 1. The SMILES string of the molecule is CCCC(=O)OCC(=O)NCCNc1ccc(C(F)(F)F)cc1[N+](=O)[O-]. The molecule has 0 atom stereocenters. The van der Waals surface area contributed by atoms with Crippen LogP contribution in [0.3, 0.4) is 0 Å². The lowest BCUT2D eigenvalue weighted by Crippen LogP contribution is -2.32. The first-order valence-corrected chi connectivity index (χ1v) is 7.67. The Labute approximate surface area is 146 Å². The minimum atomic E-state index is -4.69. The molecule has 2 N–H and O–H groups in total. The van der Waals surface area contributed by atoms with Gasteiger partial charge in [-0.2, -0.15) is 13.2 Å². The Balaban J connectivity index is 2.51. The Hall–Kier alpha value is -2.85. The smallest absolute Gasteiger partial charge is 0.416 e. The maximum atomic E-state index is 12.6. The summed E-state index contributed by atoms with van der Waals surface area (Å²) in [5.74, 6) is -1.06. The lowest BCUT2D eigenvalue weighted by molar-refractivity contribution is -0.384. The third-order valence-electron chi connectivity index (χ3n) is 3.10. The van der Waals surface area contributed by atoms with Crippen LogP contribution in [0.5, 0.6) is 0 Å². The first-order chi connectivity index (χ1) is 12.1. The van der Waals surface area contributed by atoms with Crippen LogP contribution in [0.4, 0.5) is 24.5 Å². The molecule has 0 spiro atoms. The van der Waals surface area contributed by atoms with Crippen LogP contribution >= 0.6 is 0 Å². The molecule has 0 saturated carbocycles. The number of amides is 1. The zero-order valence-electron chi connectivity index (χ0n) is 13.9. The summed E-state index contributed by atoms with van der Waals surface area (Å²) >= 11 is 0. The van der Waals surface area contributed by atoms with E-state index in [0.29, 0.717) is 12.5 Å². The van der Waals surface area contributed by atoms with Crippen molar-refractivity contribution >= 4 is 23.3 Å². The van der Waals surface area contributed by atoms with Crippen LogP contribution in [0.2, 0.25) is 0 Å². The quantitative estimate of drug-likeness (QED) is 0.296. The molecule has 0 aromatic heterocycles. The summed E-state index contributed by atoms with van der Waals surface area (Å²) < 4.78 is 42.5. The number of alkyl halides is 3. The number of esters is 1. The Bertz CT molecular complexity index is 664. The van der Waals surface area contributed by atoms with Crippen molar-refractivity contribution in [3.63, 3.8) is 0 Å². The predicted molar refractivity (Wildman–Crippen MR) is 85.5 cm³/mol. The molecule has 1 rings (SSSR count). The van der Waals surface area contributed by atoms with E-state index in [0.717, 1.165) is 12.1 Å². The third kappa shape index (κ3) is 6.95. The highest BCUT2D eigenvalue weighted by atomic mass is 19.4. The van der Waals surface area contributed by atoms with E-state index in [-0.39, 0.29) is 25.2 Å². The van der Waals surface area contributed by atoms with E-state index in [1.54, 1.807) is 6.92 Å². The second-order valence-corrected chi connectivity index (χ2v) is 5.17. The molecule has 1 aromatic rings. The van der Waals surface area contributed by atoms with Crippen molar-refractivity contribution in [2.45, 2.75) is 25.9 Å². The Morgan fingerprint density at radius 2 is 1.96 bits per heavy atom. The van der Waals surface area contributed by atoms with Gasteiger partial charge in [0.05, 0.1) is 10.5 Å². The molecule has 0 radical (unpaired) electrons. The lowest BCUT2D eigenvalue weighted by atomic mass is 10.1. The summed E-state index contributed by atoms with van der Waals surface area (Å²) in [6.07, 6.45) is -3.89. The van der Waals surface area contributed by atoms with Crippen molar-refractivity contribution in [3.05, 3.63) is 33.9 Å². The van der Waals surface area contributed by atoms with E-state index in [1.165, 1.54) is 0 Å². The number of nitrogens with one attached hydrogen (secondary N) is 2.